The lowest BCUT2D eigenvalue weighted by molar-refractivity contribution is -0.123. The number of hydrogen-bond acceptors (Lipinski definition) is 3. The summed E-state index contributed by atoms with van der Waals surface area (Å²) in [5.74, 6) is -0.168. The second-order valence-electron chi connectivity index (χ2n) is 4.56. The molecule has 1 aromatic heterocycles. The van der Waals surface area contributed by atoms with E-state index in [1.165, 1.54) is 0 Å². The highest BCUT2D eigenvalue weighted by Crippen LogP contribution is 2.09. The zero-order chi connectivity index (χ0) is 13.7. The number of imidazole rings is 1. The highest BCUT2D eigenvalue weighted by Gasteiger charge is 2.17. The van der Waals surface area contributed by atoms with E-state index in [1.54, 1.807) is 12.5 Å². The van der Waals surface area contributed by atoms with E-state index in [0.29, 0.717) is 6.54 Å². The molecule has 0 fully saturated rings. The Labute approximate surface area is 112 Å². The normalized spacial score (nSPS) is 13.8. The number of aromatic nitrogens is 2. The first-order valence-corrected chi connectivity index (χ1v) is 6.23. The van der Waals surface area contributed by atoms with Crippen molar-refractivity contribution >= 4 is 5.91 Å². The van der Waals surface area contributed by atoms with Gasteiger partial charge in [0.15, 0.2) is 0 Å². The first-order valence-electron chi connectivity index (χ1n) is 6.23. The lowest BCUT2D eigenvalue weighted by Gasteiger charge is -2.18. The molecule has 0 saturated heterocycles. The van der Waals surface area contributed by atoms with Crippen LogP contribution in [-0.4, -0.2) is 21.5 Å². The van der Waals surface area contributed by atoms with Gasteiger partial charge >= 0.3 is 0 Å². The van der Waals surface area contributed by atoms with E-state index >= 15 is 0 Å². The molecule has 2 unspecified atom stereocenters. The third kappa shape index (κ3) is 3.66. The Morgan fingerprint density at radius 1 is 1.42 bits per heavy atom. The van der Waals surface area contributed by atoms with Crippen molar-refractivity contribution in [1.29, 1.82) is 0 Å². The summed E-state index contributed by atoms with van der Waals surface area (Å²) in [6.45, 7) is 2.61. The number of benzene rings is 1. The molecule has 0 spiro atoms. The third-order valence-electron chi connectivity index (χ3n) is 2.87. The first-order chi connectivity index (χ1) is 9.16. The number of carbonyl (C=O) groups excluding carboxylic acids is 1. The fourth-order valence-corrected chi connectivity index (χ4v) is 1.90. The van der Waals surface area contributed by atoms with Crippen molar-refractivity contribution in [3.05, 3.63) is 54.6 Å². The Morgan fingerprint density at radius 3 is 2.79 bits per heavy atom. The molecule has 2 aromatic rings. The zero-order valence-corrected chi connectivity index (χ0v) is 10.9. The van der Waals surface area contributed by atoms with Gasteiger partial charge in [0, 0.05) is 25.0 Å². The van der Waals surface area contributed by atoms with Crippen molar-refractivity contribution in [2.75, 3.05) is 0 Å². The second kappa shape index (κ2) is 6.15. The lowest BCUT2D eigenvalue weighted by atomic mass is 10.1. The largest absolute Gasteiger partial charge is 0.350 e. The Balaban J connectivity index is 1.90. The lowest BCUT2D eigenvalue weighted by Crippen LogP contribution is -2.41. The molecule has 100 valence electrons. The van der Waals surface area contributed by atoms with Gasteiger partial charge in [-0.05, 0) is 12.5 Å². The van der Waals surface area contributed by atoms with Crippen molar-refractivity contribution in [3.8, 4) is 0 Å². The maximum absolute atomic E-state index is 12.0. The smallest absolute Gasteiger partial charge is 0.241 e. The highest BCUT2D eigenvalue weighted by atomic mass is 16.2. The standard InChI is InChI=1S/C14H18N4O/c1-11(9-18-8-7-16-10-18)17-14(19)13(15)12-5-3-2-4-6-12/h2-8,10-11,13H,9,15H2,1H3,(H,17,19). The summed E-state index contributed by atoms with van der Waals surface area (Å²) >= 11 is 0. The van der Waals surface area contributed by atoms with Gasteiger partial charge in [0.05, 0.1) is 6.33 Å². The number of nitrogens with one attached hydrogen (secondary N) is 1. The van der Waals surface area contributed by atoms with Gasteiger partial charge in [-0.3, -0.25) is 4.79 Å². The Hall–Kier alpha value is -2.14. The minimum absolute atomic E-state index is 0.00328. The van der Waals surface area contributed by atoms with Crippen LogP contribution in [-0.2, 0) is 11.3 Å². The molecule has 3 N–H and O–H groups in total. The van der Waals surface area contributed by atoms with E-state index < -0.39 is 6.04 Å². The van der Waals surface area contributed by atoms with Crippen LogP contribution >= 0.6 is 0 Å². The van der Waals surface area contributed by atoms with E-state index in [2.05, 4.69) is 10.3 Å². The van der Waals surface area contributed by atoms with Crippen LogP contribution in [0, 0.1) is 0 Å². The number of amides is 1. The molecule has 1 amide bonds. The molecule has 19 heavy (non-hydrogen) atoms. The third-order valence-corrected chi connectivity index (χ3v) is 2.87. The SMILES string of the molecule is CC(Cn1ccnc1)NC(=O)C(N)c1ccccc1. The molecule has 1 aromatic carbocycles. The van der Waals surface area contributed by atoms with Gasteiger partial charge in [0.2, 0.25) is 5.91 Å². The highest BCUT2D eigenvalue weighted by molar-refractivity contribution is 5.83. The quantitative estimate of drug-likeness (QED) is 0.843. The molecule has 2 atom stereocenters. The number of hydrogen-bond donors (Lipinski definition) is 2. The number of carbonyl (C=O) groups is 1. The van der Waals surface area contributed by atoms with Gasteiger partial charge < -0.3 is 15.6 Å². The Kier molecular flexibility index (Phi) is 4.30. The molecule has 5 nitrogen and oxygen atoms in total. The summed E-state index contributed by atoms with van der Waals surface area (Å²) in [5, 5.41) is 2.90. The molecule has 0 bridgehead atoms. The van der Waals surface area contributed by atoms with Gasteiger partial charge in [0.1, 0.15) is 6.04 Å². The van der Waals surface area contributed by atoms with Crippen molar-refractivity contribution in [3.63, 3.8) is 0 Å². The Morgan fingerprint density at radius 2 is 2.16 bits per heavy atom. The zero-order valence-electron chi connectivity index (χ0n) is 10.9. The molecular weight excluding hydrogens is 240 g/mol. The van der Waals surface area contributed by atoms with E-state index in [0.717, 1.165) is 5.56 Å². The van der Waals surface area contributed by atoms with Gasteiger partial charge in [-0.2, -0.15) is 0 Å². The number of nitrogens with zero attached hydrogens (tertiary/aromatic N) is 2. The topological polar surface area (TPSA) is 72.9 Å². The number of nitrogens with two attached hydrogens (primary N) is 1. The van der Waals surface area contributed by atoms with Crippen LogP contribution in [0.25, 0.3) is 0 Å². The van der Waals surface area contributed by atoms with Crippen LogP contribution in [0.3, 0.4) is 0 Å². The van der Waals surface area contributed by atoms with Gasteiger partial charge in [0.25, 0.3) is 0 Å². The van der Waals surface area contributed by atoms with Gasteiger partial charge in [-0.15, -0.1) is 0 Å². The molecular formula is C14H18N4O. The fourth-order valence-electron chi connectivity index (χ4n) is 1.90. The van der Waals surface area contributed by atoms with Crippen molar-refractivity contribution in [1.82, 2.24) is 14.9 Å². The van der Waals surface area contributed by atoms with Crippen molar-refractivity contribution in [2.45, 2.75) is 25.6 Å². The van der Waals surface area contributed by atoms with Crippen LogP contribution in [0.15, 0.2) is 49.1 Å². The maximum atomic E-state index is 12.0. The summed E-state index contributed by atoms with van der Waals surface area (Å²) < 4.78 is 1.92. The van der Waals surface area contributed by atoms with Crippen LogP contribution in [0.2, 0.25) is 0 Å². The predicted molar refractivity (Wildman–Crippen MR) is 73.2 cm³/mol. The van der Waals surface area contributed by atoms with E-state index in [-0.39, 0.29) is 11.9 Å². The van der Waals surface area contributed by atoms with Crippen LogP contribution in [0.4, 0.5) is 0 Å². The van der Waals surface area contributed by atoms with Gasteiger partial charge in [-0.1, -0.05) is 30.3 Å². The summed E-state index contributed by atoms with van der Waals surface area (Å²) in [5.41, 5.74) is 6.74. The minimum atomic E-state index is -0.633. The molecule has 0 aliphatic carbocycles. The summed E-state index contributed by atoms with van der Waals surface area (Å²) in [6, 6.07) is 8.71. The molecule has 0 aliphatic rings. The predicted octanol–water partition coefficient (Wildman–Crippen LogP) is 1.09. The molecule has 2 rings (SSSR count). The average Bonchev–Trinajstić information content (AvgIpc) is 2.91. The maximum Gasteiger partial charge on any atom is 0.241 e. The minimum Gasteiger partial charge on any atom is -0.350 e. The molecule has 0 radical (unpaired) electrons. The monoisotopic (exact) mass is 258 g/mol. The van der Waals surface area contributed by atoms with E-state index in [1.807, 2.05) is 48.0 Å². The van der Waals surface area contributed by atoms with Gasteiger partial charge in [-0.25, -0.2) is 4.98 Å². The summed E-state index contributed by atoms with van der Waals surface area (Å²) in [6.07, 6.45) is 5.30. The second-order valence-corrected chi connectivity index (χ2v) is 4.56. The summed E-state index contributed by atoms with van der Waals surface area (Å²) in [7, 11) is 0. The van der Waals surface area contributed by atoms with Crippen molar-refractivity contribution in [2.24, 2.45) is 5.73 Å². The molecule has 0 saturated carbocycles. The number of rotatable bonds is 5. The van der Waals surface area contributed by atoms with Crippen LogP contribution in [0.5, 0.6) is 0 Å². The van der Waals surface area contributed by atoms with Crippen LogP contribution in [0.1, 0.15) is 18.5 Å². The fraction of sp³-hybridized carbons (Fsp3) is 0.286. The summed E-state index contributed by atoms with van der Waals surface area (Å²) in [4.78, 5) is 16.0. The van der Waals surface area contributed by atoms with Crippen LogP contribution < -0.4 is 11.1 Å². The molecule has 1 heterocycles. The van der Waals surface area contributed by atoms with E-state index in [9.17, 15) is 4.79 Å². The molecule has 5 heteroatoms. The average molecular weight is 258 g/mol. The molecule has 0 aliphatic heterocycles. The Bertz CT molecular complexity index is 510. The van der Waals surface area contributed by atoms with E-state index in [4.69, 9.17) is 5.73 Å². The van der Waals surface area contributed by atoms with Crippen molar-refractivity contribution < 1.29 is 4.79 Å². The first kappa shape index (κ1) is 13.3.